The molecular formula is C16H13FO3. The van der Waals surface area contributed by atoms with E-state index in [0.29, 0.717) is 17.1 Å². The lowest BCUT2D eigenvalue weighted by molar-refractivity contribution is 0.397. The third-order valence-electron chi connectivity index (χ3n) is 3.22. The van der Waals surface area contributed by atoms with Crippen LogP contribution in [0.1, 0.15) is 0 Å². The van der Waals surface area contributed by atoms with Gasteiger partial charge in [-0.1, -0.05) is 12.1 Å². The van der Waals surface area contributed by atoms with Crippen LogP contribution < -0.4 is 9.47 Å². The zero-order valence-corrected chi connectivity index (χ0v) is 11.1. The van der Waals surface area contributed by atoms with Crippen LogP contribution in [0.5, 0.6) is 11.5 Å². The summed E-state index contributed by atoms with van der Waals surface area (Å²) in [4.78, 5) is 0. The van der Waals surface area contributed by atoms with E-state index in [4.69, 9.17) is 13.9 Å². The average molecular weight is 272 g/mol. The van der Waals surface area contributed by atoms with Crippen molar-refractivity contribution < 1.29 is 18.3 Å². The van der Waals surface area contributed by atoms with Crippen LogP contribution in [-0.2, 0) is 0 Å². The van der Waals surface area contributed by atoms with Gasteiger partial charge < -0.3 is 13.9 Å². The van der Waals surface area contributed by atoms with Gasteiger partial charge in [0, 0.05) is 17.7 Å². The first-order chi connectivity index (χ1) is 9.72. The third-order valence-corrected chi connectivity index (χ3v) is 3.22. The summed E-state index contributed by atoms with van der Waals surface area (Å²) in [6, 6.07) is 9.86. The van der Waals surface area contributed by atoms with Gasteiger partial charge in [-0.05, 0) is 17.7 Å². The Morgan fingerprint density at radius 2 is 1.75 bits per heavy atom. The Hall–Kier alpha value is -2.49. The highest BCUT2D eigenvalue weighted by atomic mass is 19.1. The van der Waals surface area contributed by atoms with E-state index in [0.717, 1.165) is 16.5 Å². The topological polar surface area (TPSA) is 31.6 Å². The Morgan fingerprint density at radius 3 is 2.40 bits per heavy atom. The first kappa shape index (κ1) is 12.5. The highest BCUT2D eigenvalue weighted by molar-refractivity contribution is 5.99. The Morgan fingerprint density at radius 1 is 1.00 bits per heavy atom. The molecule has 0 bridgehead atoms. The van der Waals surface area contributed by atoms with Gasteiger partial charge in [-0.25, -0.2) is 4.39 Å². The smallest absolute Gasteiger partial charge is 0.141 e. The highest BCUT2D eigenvalue weighted by Crippen LogP contribution is 2.39. The molecule has 0 unspecified atom stereocenters. The second-order valence-corrected chi connectivity index (χ2v) is 4.36. The molecule has 3 aromatic rings. The second kappa shape index (κ2) is 4.89. The van der Waals surface area contributed by atoms with Crippen LogP contribution in [0.15, 0.2) is 47.1 Å². The fourth-order valence-corrected chi connectivity index (χ4v) is 2.23. The molecule has 0 aliphatic carbocycles. The summed E-state index contributed by atoms with van der Waals surface area (Å²) in [5.74, 6) is 1.05. The Balaban J connectivity index is 2.24. The monoisotopic (exact) mass is 272 g/mol. The van der Waals surface area contributed by atoms with E-state index < -0.39 is 0 Å². The number of ether oxygens (including phenoxy) is 2. The van der Waals surface area contributed by atoms with Gasteiger partial charge in [0.2, 0.25) is 0 Å². The van der Waals surface area contributed by atoms with Crippen LogP contribution in [0, 0.1) is 5.82 Å². The Bertz CT molecular complexity index is 744. The van der Waals surface area contributed by atoms with Gasteiger partial charge in [0.1, 0.15) is 22.9 Å². The van der Waals surface area contributed by atoms with E-state index in [1.807, 2.05) is 0 Å². The minimum atomic E-state index is -0.268. The molecule has 2 aromatic carbocycles. The molecule has 3 nitrogen and oxygen atoms in total. The number of methoxy groups -OCH3 is 2. The molecule has 0 aliphatic heterocycles. The van der Waals surface area contributed by atoms with Gasteiger partial charge >= 0.3 is 0 Å². The van der Waals surface area contributed by atoms with Crippen LogP contribution in [0.2, 0.25) is 0 Å². The molecule has 0 aliphatic rings. The summed E-state index contributed by atoms with van der Waals surface area (Å²) in [6.45, 7) is 0. The largest absolute Gasteiger partial charge is 0.496 e. The molecular weight excluding hydrogens is 259 g/mol. The number of benzene rings is 2. The molecule has 1 aromatic heterocycles. The first-order valence-corrected chi connectivity index (χ1v) is 6.12. The Labute approximate surface area is 115 Å². The lowest BCUT2D eigenvalue weighted by atomic mass is 10.0. The average Bonchev–Trinajstić information content (AvgIpc) is 2.91. The lowest BCUT2D eigenvalue weighted by Crippen LogP contribution is -1.88. The zero-order chi connectivity index (χ0) is 14.1. The number of hydrogen-bond donors (Lipinski definition) is 0. The predicted octanol–water partition coefficient (Wildman–Crippen LogP) is 4.26. The molecule has 0 N–H and O–H groups in total. The van der Waals surface area contributed by atoms with Crippen molar-refractivity contribution in [2.45, 2.75) is 0 Å². The number of hydrogen-bond acceptors (Lipinski definition) is 3. The minimum Gasteiger partial charge on any atom is -0.496 e. The summed E-state index contributed by atoms with van der Waals surface area (Å²) < 4.78 is 29.2. The van der Waals surface area contributed by atoms with Crippen molar-refractivity contribution in [3.8, 4) is 22.6 Å². The van der Waals surface area contributed by atoms with Gasteiger partial charge in [0.25, 0.3) is 0 Å². The predicted molar refractivity (Wildman–Crippen MR) is 74.7 cm³/mol. The van der Waals surface area contributed by atoms with Gasteiger partial charge in [0.05, 0.1) is 25.9 Å². The van der Waals surface area contributed by atoms with Gasteiger partial charge in [0.15, 0.2) is 0 Å². The molecule has 0 fully saturated rings. The number of fused-ring (bicyclic) bond motifs is 1. The standard InChI is InChI=1S/C16H13FO3/c1-18-12-7-14(19-2)16-13(9-20-15(16)8-12)10-3-5-11(17)6-4-10/h3-9H,1-2H3. The van der Waals surface area contributed by atoms with Crippen molar-refractivity contribution in [2.24, 2.45) is 0 Å². The van der Waals surface area contributed by atoms with Crippen LogP contribution in [0.3, 0.4) is 0 Å². The van der Waals surface area contributed by atoms with Crippen molar-refractivity contribution in [3.63, 3.8) is 0 Å². The van der Waals surface area contributed by atoms with Crippen LogP contribution in [0.4, 0.5) is 4.39 Å². The molecule has 0 saturated carbocycles. The SMILES string of the molecule is COc1cc(OC)c2c(-c3ccc(F)cc3)coc2c1. The first-order valence-electron chi connectivity index (χ1n) is 6.12. The van der Waals surface area contributed by atoms with E-state index in [2.05, 4.69) is 0 Å². The van der Waals surface area contributed by atoms with Crippen molar-refractivity contribution in [2.75, 3.05) is 14.2 Å². The second-order valence-electron chi connectivity index (χ2n) is 4.36. The molecule has 0 amide bonds. The number of rotatable bonds is 3. The maximum absolute atomic E-state index is 13.0. The highest BCUT2D eigenvalue weighted by Gasteiger charge is 2.15. The van der Waals surface area contributed by atoms with E-state index >= 15 is 0 Å². The molecule has 102 valence electrons. The zero-order valence-electron chi connectivity index (χ0n) is 11.1. The van der Waals surface area contributed by atoms with Crippen LogP contribution in [0.25, 0.3) is 22.1 Å². The summed E-state index contributed by atoms with van der Waals surface area (Å²) in [6.07, 6.45) is 1.64. The van der Waals surface area contributed by atoms with E-state index in [1.165, 1.54) is 12.1 Å². The summed E-state index contributed by atoms with van der Waals surface area (Å²) in [5, 5.41) is 0.847. The molecule has 20 heavy (non-hydrogen) atoms. The molecule has 0 atom stereocenters. The van der Waals surface area contributed by atoms with E-state index in [9.17, 15) is 4.39 Å². The quantitative estimate of drug-likeness (QED) is 0.714. The minimum absolute atomic E-state index is 0.268. The van der Waals surface area contributed by atoms with Crippen molar-refractivity contribution >= 4 is 11.0 Å². The Kier molecular flexibility index (Phi) is 3.06. The molecule has 0 spiro atoms. The van der Waals surface area contributed by atoms with Gasteiger partial charge in [-0.3, -0.25) is 0 Å². The number of furan rings is 1. The lowest BCUT2D eigenvalue weighted by Gasteiger charge is -2.07. The van der Waals surface area contributed by atoms with Crippen LogP contribution >= 0.6 is 0 Å². The fourth-order valence-electron chi connectivity index (χ4n) is 2.23. The summed E-state index contributed by atoms with van der Waals surface area (Å²) in [5.41, 5.74) is 2.40. The van der Waals surface area contributed by atoms with Crippen molar-refractivity contribution in [3.05, 3.63) is 48.5 Å². The third kappa shape index (κ3) is 1.99. The van der Waals surface area contributed by atoms with Crippen molar-refractivity contribution in [1.82, 2.24) is 0 Å². The molecule has 3 rings (SSSR count). The van der Waals surface area contributed by atoms with E-state index in [-0.39, 0.29) is 5.82 Å². The summed E-state index contributed by atoms with van der Waals surface area (Å²) in [7, 11) is 3.18. The number of halogens is 1. The fraction of sp³-hybridized carbons (Fsp3) is 0.125. The molecule has 0 saturated heterocycles. The van der Waals surface area contributed by atoms with Gasteiger partial charge in [-0.15, -0.1) is 0 Å². The van der Waals surface area contributed by atoms with Crippen LogP contribution in [-0.4, -0.2) is 14.2 Å². The van der Waals surface area contributed by atoms with Crippen molar-refractivity contribution in [1.29, 1.82) is 0 Å². The van der Waals surface area contributed by atoms with Gasteiger partial charge in [-0.2, -0.15) is 0 Å². The molecule has 1 heterocycles. The maximum Gasteiger partial charge on any atom is 0.141 e. The maximum atomic E-state index is 13.0. The van der Waals surface area contributed by atoms with E-state index in [1.54, 1.807) is 44.7 Å². The summed E-state index contributed by atoms with van der Waals surface area (Å²) >= 11 is 0. The molecule has 4 heteroatoms. The normalized spacial score (nSPS) is 10.8. The molecule has 0 radical (unpaired) electrons.